The molecule has 0 bridgehead atoms. The largest absolute Gasteiger partial charge is 0.496 e. The summed E-state index contributed by atoms with van der Waals surface area (Å²) in [7, 11) is 3.22. The van der Waals surface area contributed by atoms with Crippen molar-refractivity contribution in [1.29, 1.82) is 0 Å². The molecule has 1 atom stereocenters. The first-order valence-electron chi connectivity index (χ1n) is 12.3. The summed E-state index contributed by atoms with van der Waals surface area (Å²) in [4.78, 5) is 24.5. The Morgan fingerprint density at radius 2 is 1.62 bits per heavy atom. The van der Waals surface area contributed by atoms with E-state index in [9.17, 15) is 14.7 Å². The quantitative estimate of drug-likeness (QED) is 0.321. The fourth-order valence-corrected chi connectivity index (χ4v) is 4.72. The molecular weight excluding hydrogens is 517 g/mol. The number of nitrogens with one attached hydrogen (secondary N) is 1. The van der Waals surface area contributed by atoms with E-state index in [1.54, 1.807) is 14.2 Å². The molecular formula is C28H31Cl2NO6. The van der Waals surface area contributed by atoms with E-state index in [2.05, 4.69) is 5.32 Å². The fourth-order valence-electron chi connectivity index (χ4n) is 4.24. The van der Waals surface area contributed by atoms with Crippen LogP contribution in [0.3, 0.4) is 0 Å². The molecule has 2 N–H and O–H groups in total. The van der Waals surface area contributed by atoms with Crippen molar-refractivity contribution in [2.75, 3.05) is 20.8 Å². The highest BCUT2D eigenvalue weighted by atomic mass is 35.5. The molecule has 0 unspecified atom stereocenters. The van der Waals surface area contributed by atoms with E-state index >= 15 is 0 Å². The van der Waals surface area contributed by atoms with Gasteiger partial charge in [0.2, 0.25) is 0 Å². The average molecular weight is 548 g/mol. The van der Waals surface area contributed by atoms with Crippen LogP contribution in [-0.4, -0.2) is 43.9 Å². The summed E-state index contributed by atoms with van der Waals surface area (Å²) in [5, 5.41) is 12.3. The van der Waals surface area contributed by atoms with Crippen LogP contribution in [0.15, 0.2) is 46.5 Å². The van der Waals surface area contributed by atoms with Crippen LogP contribution < -0.4 is 14.8 Å². The molecule has 2 aliphatic rings. The van der Waals surface area contributed by atoms with Crippen LogP contribution in [-0.2, 0) is 27.4 Å². The van der Waals surface area contributed by atoms with Gasteiger partial charge in [0, 0.05) is 13.0 Å². The Morgan fingerprint density at radius 3 is 2.11 bits per heavy atom. The second-order valence-electron chi connectivity index (χ2n) is 9.55. The van der Waals surface area contributed by atoms with Gasteiger partial charge in [0.05, 0.1) is 32.0 Å². The second-order valence-corrected chi connectivity index (χ2v) is 10.5. The summed E-state index contributed by atoms with van der Waals surface area (Å²) < 4.78 is 17.1. The number of rotatable bonds is 13. The molecule has 0 aromatic heterocycles. The van der Waals surface area contributed by atoms with E-state index in [-0.39, 0.29) is 22.4 Å². The minimum absolute atomic E-state index is 0.0140. The molecule has 37 heavy (non-hydrogen) atoms. The van der Waals surface area contributed by atoms with Gasteiger partial charge in [-0.3, -0.25) is 4.79 Å². The normalized spacial score (nSPS) is 15.6. The smallest absolute Gasteiger partial charge is 0.326 e. The molecule has 2 aromatic carbocycles. The first-order valence-corrected chi connectivity index (χ1v) is 13.1. The number of methoxy groups -OCH3 is 2. The van der Waals surface area contributed by atoms with E-state index in [0.717, 1.165) is 41.7 Å². The lowest BCUT2D eigenvalue weighted by Crippen LogP contribution is -2.43. The zero-order valence-corrected chi connectivity index (χ0v) is 22.4. The maximum absolute atomic E-state index is 12.6. The third-order valence-electron chi connectivity index (χ3n) is 6.60. The van der Waals surface area contributed by atoms with Crippen molar-refractivity contribution >= 4 is 35.1 Å². The van der Waals surface area contributed by atoms with Crippen molar-refractivity contribution in [3.05, 3.63) is 57.6 Å². The number of halogens is 2. The number of ether oxygens (including phenoxy) is 3. The number of carboxylic acid groups (broad SMARTS) is 1. The van der Waals surface area contributed by atoms with Crippen molar-refractivity contribution in [3.8, 4) is 22.6 Å². The van der Waals surface area contributed by atoms with Crippen LogP contribution >= 0.6 is 23.2 Å². The Labute approximate surface area is 226 Å². The molecule has 7 nitrogen and oxygen atoms in total. The number of carbonyl (C=O) groups is 2. The van der Waals surface area contributed by atoms with E-state index in [4.69, 9.17) is 37.4 Å². The standard InChI is InChI=1S/C28H31Cl2NO6/c1-35-22-12-18(15-37-14-17-3-4-17)13-23(36-2)24(22)19-7-5-16(6-8-19)11-21(28(33)34)31-27(32)25(26(29)30)20-9-10-20/h5-8,12-13,17,20-21H,3-4,9-11,14-15H2,1-2H3,(H,31,32)(H,33,34)/t21-/m0/s1. The Hall–Kier alpha value is -2.74. The van der Waals surface area contributed by atoms with Crippen molar-refractivity contribution in [1.82, 2.24) is 5.32 Å². The molecule has 2 aliphatic carbocycles. The Bertz CT molecular complexity index is 1140. The van der Waals surface area contributed by atoms with Gasteiger partial charge in [-0.15, -0.1) is 0 Å². The van der Waals surface area contributed by atoms with Gasteiger partial charge in [0.25, 0.3) is 5.91 Å². The summed E-state index contributed by atoms with van der Waals surface area (Å²) in [6.07, 6.45) is 4.20. The van der Waals surface area contributed by atoms with Gasteiger partial charge in [-0.05, 0) is 66.3 Å². The lowest BCUT2D eigenvalue weighted by Gasteiger charge is -2.18. The monoisotopic (exact) mass is 547 g/mol. The number of carboxylic acids is 1. The Kier molecular flexibility index (Phi) is 9.00. The minimum Gasteiger partial charge on any atom is -0.496 e. The fraction of sp³-hybridized carbons (Fsp3) is 0.429. The zero-order chi connectivity index (χ0) is 26.5. The van der Waals surface area contributed by atoms with Crippen LogP contribution in [0.2, 0.25) is 0 Å². The van der Waals surface area contributed by atoms with Crippen LogP contribution in [0.5, 0.6) is 11.5 Å². The number of carbonyl (C=O) groups excluding carboxylic acids is 1. The predicted molar refractivity (Wildman–Crippen MR) is 142 cm³/mol. The number of hydrogen-bond donors (Lipinski definition) is 2. The number of benzene rings is 2. The van der Waals surface area contributed by atoms with Crippen molar-refractivity contribution < 1.29 is 28.9 Å². The van der Waals surface area contributed by atoms with Crippen LogP contribution in [0.25, 0.3) is 11.1 Å². The van der Waals surface area contributed by atoms with Crippen LogP contribution in [0, 0.1) is 11.8 Å². The van der Waals surface area contributed by atoms with Gasteiger partial charge < -0.3 is 24.6 Å². The maximum atomic E-state index is 12.6. The Balaban J connectivity index is 1.48. The molecule has 1 amide bonds. The second kappa shape index (κ2) is 12.2. The predicted octanol–water partition coefficient (Wildman–Crippen LogP) is 5.51. The van der Waals surface area contributed by atoms with Gasteiger partial charge in [0.1, 0.15) is 22.0 Å². The molecule has 0 aliphatic heterocycles. The highest BCUT2D eigenvalue weighted by molar-refractivity contribution is 6.57. The van der Waals surface area contributed by atoms with E-state index in [1.807, 2.05) is 36.4 Å². The Morgan fingerprint density at radius 1 is 1.00 bits per heavy atom. The lowest BCUT2D eigenvalue weighted by atomic mass is 9.98. The van der Waals surface area contributed by atoms with Gasteiger partial charge in [-0.2, -0.15) is 0 Å². The van der Waals surface area contributed by atoms with E-state index in [0.29, 0.717) is 24.0 Å². The van der Waals surface area contributed by atoms with E-state index in [1.165, 1.54) is 12.8 Å². The van der Waals surface area contributed by atoms with Crippen molar-refractivity contribution in [3.63, 3.8) is 0 Å². The molecule has 2 fully saturated rings. The summed E-state index contributed by atoms with van der Waals surface area (Å²) in [6, 6.07) is 10.2. The molecule has 2 saturated carbocycles. The number of aliphatic carboxylic acids is 1. The third-order valence-corrected chi connectivity index (χ3v) is 7.01. The highest BCUT2D eigenvalue weighted by Crippen LogP contribution is 2.41. The summed E-state index contributed by atoms with van der Waals surface area (Å²) in [6.45, 7) is 1.25. The zero-order valence-electron chi connectivity index (χ0n) is 20.9. The summed E-state index contributed by atoms with van der Waals surface area (Å²) >= 11 is 11.8. The third kappa shape index (κ3) is 7.18. The summed E-state index contributed by atoms with van der Waals surface area (Å²) in [5.41, 5.74) is 3.61. The molecule has 0 heterocycles. The number of amides is 1. The number of hydrogen-bond acceptors (Lipinski definition) is 5. The van der Waals surface area contributed by atoms with Gasteiger partial charge in [-0.1, -0.05) is 47.5 Å². The van der Waals surface area contributed by atoms with E-state index < -0.39 is 17.9 Å². The molecule has 2 aromatic rings. The molecule has 198 valence electrons. The first-order chi connectivity index (χ1) is 17.8. The molecule has 0 spiro atoms. The highest BCUT2D eigenvalue weighted by Gasteiger charge is 2.34. The van der Waals surface area contributed by atoms with Gasteiger partial charge in [-0.25, -0.2) is 4.79 Å². The molecule has 9 heteroatoms. The summed E-state index contributed by atoms with van der Waals surface area (Å²) in [5.74, 6) is 0.309. The van der Waals surface area contributed by atoms with Crippen molar-refractivity contribution in [2.45, 2.75) is 44.8 Å². The minimum atomic E-state index is -1.14. The molecule has 0 radical (unpaired) electrons. The van der Waals surface area contributed by atoms with Gasteiger partial charge in [0.15, 0.2) is 0 Å². The maximum Gasteiger partial charge on any atom is 0.326 e. The topological polar surface area (TPSA) is 94.1 Å². The average Bonchev–Trinajstić information content (AvgIpc) is 3.80. The molecule has 4 rings (SSSR count). The van der Waals surface area contributed by atoms with Crippen LogP contribution in [0.1, 0.15) is 36.8 Å². The SMILES string of the molecule is COc1cc(COCC2CC2)cc(OC)c1-c1ccc(C[C@H](NC(=O)C(=C(Cl)Cl)C2CC2)C(=O)O)cc1. The van der Waals surface area contributed by atoms with Crippen LogP contribution in [0.4, 0.5) is 0 Å². The lowest BCUT2D eigenvalue weighted by molar-refractivity contribution is -0.141. The first kappa shape index (κ1) is 27.3. The molecule has 0 saturated heterocycles. The van der Waals surface area contributed by atoms with Gasteiger partial charge >= 0.3 is 5.97 Å². The van der Waals surface area contributed by atoms with Crippen molar-refractivity contribution in [2.24, 2.45) is 11.8 Å².